The van der Waals surface area contributed by atoms with Crippen LogP contribution < -0.4 is 0 Å². The van der Waals surface area contributed by atoms with Gasteiger partial charge in [0, 0.05) is 43.3 Å². The first-order valence-electron chi connectivity index (χ1n) is 10.2. The summed E-state index contributed by atoms with van der Waals surface area (Å²) < 4.78 is 5.30. The van der Waals surface area contributed by atoms with Gasteiger partial charge in [-0.3, -0.25) is 14.9 Å². The molecule has 0 bridgehead atoms. The summed E-state index contributed by atoms with van der Waals surface area (Å²) in [5, 5.41) is 14.9. The van der Waals surface area contributed by atoms with E-state index in [2.05, 4.69) is 17.1 Å². The second-order valence-corrected chi connectivity index (χ2v) is 6.99. The molecule has 3 aromatic rings. The Morgan fingerprint density at radius 2 is 1.97 bits per heavy atom. The molecule has 0 N–H and O–H groups in total. The van der Waals surface area contributed by atoms with Crippen LogP contribution in [0, 0.1) is 10.1 Å². The van der Waals surface area contributed by atoms with Crippen molar-refractivity contribution in [2.75, 3.05) is 13.1 Å². The topological polar surface area (TPSA) is 102 Å². The summed E-state index contributed by atoms with van der Waals surface area (Å²) in [5.74, 6) is 0.590. The molecule has 2 aromatic carbocycles. The first kappa shape index (κ1) is 21.9. The molecule has 0 fully saturated rings. The zero-order valence-electron chi connectivity index (χ0n) is 17.3. The van der Waals surface area contributed by atoms with E-state index in [1.807, 2.05) is 30.3 Å². The molecule has 31 heavy (non-hydrogen) atoms. The number of amides is 1. The zero-order chi connectivity index (χ0) is 22.1. The number of rotatable bonds is 10. The minimum atomic E-state index is -0.468. The van der Waals surface area contributed by atoms with Gasteiger partial charge in [0.15, 0.2) is 0 Å². The maximum atomic E-state index is 12.7. The third-order valence-corrected chi connectivity index (χ3v) is 4.69. The Hall–Kier alpha value is -3.81. The van der Waals surface area contributed by atoms with Crippen molar-refractivity contribution in [3.8, 4) is 11.4 Å². The smallest absolute Gasteiger partial charge is 0.270 e. The van der Waals surface area contributed by atoms with Crippen LogP contribution in [0.15, 0.2) is 65.2 Å². The highest BCUT2D eigenvalue weighted by atomic mass is 16.6. The molecule has 0 aliphatic carbocycles. The highest BCUT2D eigenvalue weighted by Crippen LogP contribution is 2.21. The maximum absolute atomic E-state index is 12.7. The van der Waals surface area contributed by atoms with Crippen molar-refractivity contribution in [3.05, 3.63) is 82.2 Å². The number of nitro benzene ring substituents is 1. The van der Waals surface area contributed by atoms with E-state index in [4.69, 9.17) is 4.52 Å². The van der Waals surface area contributed by atoms with E-state index in [0.29, 0.717) is 31.0 Å². The Labute approximate surface area is 180 Å². The highest BCUT2D eigenvalue weighted by molar-refractivity contribution is 5.91. The summed E-state index contributed by atoms with van der Waals surface area (Å²) in [7, 11) is 0. The monoisotopic (exact) mass is 420 g/mol. The van der Waals surface area contributed by atoms with E-state index in [1.165, 1.54) is 12.1 Å². The Morgan fingerprint density at radius 3 is 2.71 bits per heavy atom. The van der Waals surface area contributed by atoms with E-state index in [0.717, 1.165) is 18.4 Å². The van der Waals surface area contributed by atoms with Crippen LogP contribution in [0.25, 0.3) is 17.5 Å². The lowest BCUT2D eigenvalue weighted by Gasteiger charge is -2.20. The van der Waals surface area contributed by atoms with Gasteiger partial charge in [-0.15, -0.1) is 0 Å². The van der Waals surface area contributed by atoms with E-state index >= 15 is 0 Å². The van der Waals surface area contributed by atoms with Gasteiger partial charge >= 0.3 is 0 Å². The fraction of sp³-hybridized carbons (Fsp3) is 0.261. The van der Waals surface area contributed by atoms with Crippen LogP contribution in [0.3, 0.4) is 0 Å². The number of hydrogen-bond donors (Lipinski definition) is 0. The number of aromatic nitrogens is 2. The molecule has 1 heterocycles. The third kappa shape index (κ3) is 6.33. The van der Waals surface area contributed by atoms with Gasteiger partial charge in [0.25, 0.3) is 5.69 Å². The Balaban J connectivity index is 1.65. The lowest BCUT2D eigenvalue weighted by Crippen LogP contribution is -2.32. The van der Waals surface area contributed by atoms with Crippen LogP contribution in [0.4, 0.5) is 5.69 Å². The van der Waals surface area contributed by atoms with E-state index in [1.54, 1.807) is 29.2 Å². The van der Waals surface area contributed by atoms with Gasteiger partial charge in [-0.25, -0.2) is 0 Å². The fourth-order valence-electron chi connectivity index (χ4n) is 2.98. The second kappa shape index (κ2) is 10.8. The van der Waals surface area contributed by atoms with Crippen molar-refractivity contribution < 1.29 is 14.2 Å². The van der Waals surface area contributed by atoms with Gasteiger partial charge in [0.05, 0.1) is 4.92 Å². The summed E-state index contributed by atoms with van der Waals surface area (Å²) in [6, 6.07) is 15.7. The minimum Gasteiger partial charge on any atom is -0.339 e. The van der Waals surface area contributed by atoms with Crippen molar-refractivity contribution in [2.45, 2.75) is 26.2 Å². The van der Waals surface area contributed by atoms with Crippen LogP contribution in [0.5, 0.6) is 0 Å². The number of nitro groups is 1. The minimum absolute atomic E-state index is 0.0367. The summed E-state index contributed by atoms with van der Waals surface area (Å²) in [6.45, 7) is 3.15. The molecule has 1 aromatic heterocycles. The molecular weight excluding hydrogens is 396 g/mol. The molecule has 0 aliphatic rings. The molecule has 8 nitrogen and oxygen atoms in total. The summed E-state index contributed by atoms with van der Waals surface area (Å²) in [6.07, 6.45) is 5.65. The quantitative estimate of drug-likeness (QED) is 0.271. The molecule has 3 rings (SSSR count). The number of unbranched alkanes of at least 4 members (excludes halogenated alkanes) is 1. The van der Waals surface area contributed by atoms with E-state index in [9.17, 15) is 14.9 Å². The van der Waals surface area contributed by atoms with Crippen molar-refractivity contribution in [1.29, 1.82) is 0 Å². The molecular formula is C23H24N4O4. The van der Waals surface area contributed by atoms with E-state index in [-0.39, 0.29) is 17.4 Å². The molecule has 0 saturated heterocycles. The number of non-ortho nitro benzene ring substituents is 1. The Morgan fingerprint density at radius 1 is 1.16 bits per heavy atom. The van der Waals surface area contributed by atoms with Crippen molar-refractivity contribution in [1.82, 2.24) is 15.0 Å². The number of carbonyl (C=O) groups is 1. The fourth-order valence-corrected chi connectivity index (χ4v) is 2.98. The third-order valence-electron chi connectivity index (χ3n) is 4.69. The zero-order valence-corrected chi connectivity index (χ0v) is 17.3. The number of nitrogens with zero attached hydrogens (tertiary/aromatic N) is 4. The average molecular weight is 420 g/mol. The Bertz CT molecular complexity index is 1050. The van der Waals surface area contributed by atoms with Crippen LogP contribution in [0.1, 0.15) is 31.2 Å². The predicted octanol–water partition coefficient (Wildman–Crippen LogP) is 4.53. The van der Waals surface area contributed by atoms with Gasteiger partial charge in [-0.05, 0) is 18.1 Å². The molecule has 0 spiro atoms. The SMILES string of the molecule is CCCCN(CCc1nc(-c2cccc([N+](=O)[O-])c2)no1)C(=O)/C=C/c1ccccc1. The molecule has 0 atom stereocenters. The standard InChI is InChI=1S/C23H24N4O4/c1-2-3-15-26(22(28)13-12-18-8-5-4-6-9-18)16-14-21-24-23(25-31-21)19-10-7-11-20(17-19)27(29)30/h4-13,17H,2-3,14-16H2,1H3/b13-12+. The van der Waals surface area contributed by atoms with Crippen LogP contribution in [0.2, 0.25) is 0 Å². The summed E-state index contributed by atoms with van der Waals surface area (Å²) >= 11 is 0. The molecule has 0 saturated carbocycles. The largest absolute Gasteiger partial charge is 0.339 e. The first-order chi connectivity index (χ1) is 15.1. The lowest BCUT2D eigenvalue weighted by molar-refractivity contribution is -0.384. The van der Waals surface area contributed by atoms with Crippen LogP contribution in [-0.4, -0.2) is 39.0 Å². The molecule has 0 aliphatic heterocycles. The van der Waals surface area contributed by atoms with Crippen molar-refractivity contribution in [2.24, 2.45) is 0 Å². The van der Waals surface area contributed by atoms with Crippen LogP contribution in [-0.2, 0) is 11.2 Å². The van der Waals surface area contributed by atoms with Gasteiger partial charge < -0.3 is 9.42 Å². The van der Waals surface area contributed by atoms with Crippen molar-refractivity contribution >= 4 is 17.7 Å². The van der Waals surface area contributed by atoms with Gasteiger partial charge in [0.2, 0.25) is 17.6 Å². The Kier molecular flexibility index (Phi) is 7.64. The highest BCUT2D eigenvalue weighted by Gasteiger charge is 2.15. The predicted molar refractivity (Wildman–Crippen MR) is 117 cm³/mol. The number of hydrogen-bond acceptors (Lipinski definition) is 6. The average Bonchev–Trinajstić information content (AvgIpc) is 3.27. The first-order valence-corrected chi connectivity index (χ1v) is 10.2. The summed E-state index contributed by atoms with van der Waals surface area (Å²) in [5.41, 5.74) is 1.43. The number of benzene rings is 2. The maximum Gasteiger partial charge on any atom is 0.270 e. The van der Waals surface area contributed by atoms with Gasteiger partial charge in [-0.1, -0.05) is 61.0 Å². The van der Waals surface area contributed by atoms with Crippen molar-refractivity contribution in [3.63, 3.8) is 0 Å². The van der Waals surface area contributed by atoms with Gasteiger partial charge in [-0.2, -0.15) is 4.98 Å². The molecule has 0 unspecified atom stereocenters. The molecule has 0 radical (unpaired) electrons. The lowest BCUT2D eigenvalue weighted by atomic mass is 10.2. The molecule has 8 heteroatoms. The number of carbonyl (C=O) groups excluding carboxylic acids is 1. The normalized spacial score (nSPS) is 11.0. The van der Waals surface area contributed by atoms with Gasteiger partial charge in [0.1, 0.15) is 0 Å². The second-order valence-electron chi connectivity index (χ2n) is 6.99. The van der Waals surface area contributed by atoms with Crippen LogP contribution >= 0.6 is 0 Å². The summed E-state index contributed by atoms with van der Waals surface area (Å²) in [4.78, 5) is 29.3. The molecule has 1 amide bonds. The van der Waals surface area contributed by atoms with E-state index < -0.39 is 4.92 Å². The molecule has 160 valence electrons.